The van der Waals surface area contributed by atoms with Gasteiger partial charge in [-0.15, -0.1) is 0 Å². The number of rotatable bonds is 4. The highest BCUT2D eigenvalue weighted by Crippen LogP contribution is 2.12. The Balaban J connectivity index is 3.76. The second-order valence-electron chi connectivity index (χ2n) is 2.32. The summed E-state index contributed by atoms with van der Waals surface area (Å²) in [4.78, 5) is 10.2. The Morgan fingerprint density at radius 1 is 1.56 bits per heavy atom. The molecule has 0 heterocycles. The average molecular weight is 130 g/mol. The van der Waals surface area contributed by atoms with Crippen LogP contribution in [0.1, 0.15) is 33.1 Å². The molecule has 0 saturated carbocycles. The minimum absolute atomic E-state index is 0.518. The smallest absolute Gasteiger partial charge is 0.151 e. The number of hydrogen-bond acceptors (Lipinski definition) is 2. The molecule has 1 atom stereocenters. The molecule has 0 spiro atoms. The van der Waals surface area contributed by atoms with Gasteiger partial charge in [-0.25, -0.2) is 0 Å². The molecule has 2 heteroatoms. The molecule has 0 aromatic carbocycles. The van der Waals surface area contributed by atoms with Gasteiger partial charge in [-0.1, -0.05) is 20.3 Å². The van der Waals surface area contributed by atoms with Gasteiger partial charge < -0.3 is 9.90 Å². The topological polar surface area (TPSA) is 37.3 Å². The predicted octanol–water partition coefficient (Wildman–Crippen LogP) is 1.13. The minimum atomic E-state index is -1.05. The highest BCUT2D eigenvalue weighted by molar-refractivity contribution is 5.61. The lowest BCUT2D eigenvalue weighted by Crippen LogP contribution is -2.28. The first kappa shape index (κ1) is 8.63. The number of carbonyl (C=O) groups is 1. The van der Waals surface area contributed by atoms with Crippen LogP contribution in [0, 0.1) is 0 Å². The van der Waals surface area contributed by atoms with E-state index in [0.29, 0.717) is 19.1 Å². The Kier molecular flexibility index (Phi) is 3.47. The zero-order chi connectivity index (χ0) is 7.33. The Morgan fingerprint density at radius 3 is 2.22 bits per heavy atom. The van der Waals surface area contributed by atoms with Gasteiger partial charge in [0, 0.05) is 0 Å². The third-order valence-electron chi connectivity index (χ3n) is 1.51. The van der Waals surface area contributed by atoms with Crippen molar-refractivity contribution in [2.75, 3.05) is 0 Å². The van der Waals surface area contributed by atoms with Gasteiger partial charge in [0.15, 0.2) is 6.29 Å². The van der Waals surface area contributed by atoms with E-state index in [4.69, 9.17) is 0 Å². The van der Waals surface area contributed by atoms with Gasteiger partial charge in [0.1, 0.15) is 5.60 Å². The van der Waals surface area contributed by atoms with Crippen molar-refractivity contribution in [2.45, 2.75) is 38.7 Å². The summed E-state index contributed by atoms with van der Waals surface area (Å²) >= 11 is 0. The SMILES string of the molecule is CCC[C@](O)(C=O)CC. The Bertz CT molecular complexity index is 90.9. The fourth-order valence-electron chi connectivity index (χ4n) is 0.752. The average Bonchev–Trinajstić information content (AvgIpc) is 1.89. The van der Waals surface area contributed by atoms with Crippen LogP contribution in [0.5, 0.6) is 0 Å². The molecular weight excluding hydrogens is 116 g/mol. The van der Waals surface area contributed by atoms with Gasteiger partial charge in [0.2, 0.25) is 0 Å². The highest BCUT2D eigenvalue weighted by Gasteiger charge is 2.21. The first-order chi connectivity index (χ1) is 4.18. The lowest BCUT2D eigenvalue weighted by molar-refractivity contribution is -0.125. The number of hydrogen-bond donors (Lipinski definition) is 1. The Hall–Kier alpha value is -0.370. The number of carbonyl (C=O) groups excluding carboxylic acids is 1. The van der Waals surface area contributed by atoms with Crippen LogP contribution in [0.2, 0.25) is 0 Å². The minimum Gasteiger partial charge on any atom is -0.382 e. The molecule has 1 N–H and O–H groups in total. The van der Waals surface area contributed by atoms with E-state index in [9.17, 15) is 9.90 Å². The molecule has 0 aromatic rings. The van der Waals surface area contributed by atoms with E-state index < -0.39 is 5.60 Å². The molecule has 0 bridgehead atoms. The summed E-state index contributed by atoms with van der Waals surface area (Å²) in [5.41, 5.74) is -1.05. The van der Waals surface area contributed by atoms with Crippen LogP contribution in [-0.4, -0.2) is 17.0 Å². The molecule has 0 unspecified atom stereocenters. The summed E-state index contributed by atoms with van der Waals surface area (Å²) in [6.07, 6.45) is 2.58. The monoisotopic (exact) mass is 130 g/mol. The van der Waals surface area contributed by atoms with Crippen LogP contribution in [0.4, 0.5) is 0 Å². The van der Waals surface area contributed by atoms with E-state index in [1.165, 1.54) is 0 Å². The molecule has 0 aliphatic heterocycles. The summed E-state index contributed by atoms with van der Waals surface area (Å²) < 4.78 is 0. The molecule has 0 aromatic heterocycles. The quantitative estimate of drug-likeness (QED) is 0.579. The van der Waals surface area contributed by atoms with Gasteiger partial charge in [0.05, 0.1) is 0 Å². The van der Waals surface area contributed by atoms with Crippen molar-refractivity contribution in [1.82, 2.24) is 0 Å². The van der Waals surface area contributed by atoms with Gasteiger partial charge >= 0.3 is 0 Å². The standard InChI is InChI=1S/C7H14O2/c1-3-5-7(9,4-2)6-8/h6,9H,3-5H2,1-2H3/t7-/m0/s1. The van der Waals surface area contributed by atoms with Crippen molar-refractivity contribution in [1.29, 1.82) is 0 Å². The fourth-order valence-corrected chi connectivity index (χ4v) is 0.752. The van der Waals surface area contributed by atoms with Crippen LogP contribution in [0.15, 0.2) is 0 Å². The highest BCUT2D eigenvalue weighted by atomic mass is 16.3. The molecule has 0 amide bonds. The lowest BCUT2D eigenvalue weighted by atomic mass is 9.97. The second kappa shape index (κ2) is 3.62. The van der Waals surface area contributed by atoms with Gasteiger partial charge in [-0.05, 0) is 12.8 Å². The molecular formula is C7H14O2. The molecule has 2 nitrogen and oxygen atoms in total. The van der Waals surface area contributed by atoms with Gasteiger partial charge in [-0.3, -0.25) is 0 Å². The first-order valence-corrected chi connectivity index (χ1v) is 3.37. The molecule has 54 valence electrons. The third-order valence-corrected chi connectivity index (χ3v) is 1.51. The maximum Gasteiger partial charge on any atom is 0.151 e. The van der Waals surface area contributed by atoms with Crippen molar-refractivity contribution in [3.8, 4) is 0 Å². The molecule has 0 aliphatic carbocycles. The Morgan fingerprint density at radius 2 is 2.11 bits per heavy atom. The number of aliphatic hydroxyl groups is 1. The zero-order valence-electron chi connectivity index (χ0n) is 6.05. The van der Waals surface area contributed by atoms with Crippen molar-refractivity contribution >= 4 is 6.29 Å². The molecule has 0 saturated heterocycles. The van der Waals surface area contributed by atoms with Gasteiger partial charge in [-0.2, -0.15) is 0 Å². The van der Waals surface area contributed by atoms with Crippen LogP contribution in [0.25, 0.3) is 0 Å². The Labute approximate surface area is 55.9 Å². The van der Waals surface area contributed by atoms with Crippen molar-refractivity contribution in [3.05, 3.63) is 0 Å². The maximum absolute atomic E-state index is 10.2. The molecule has 0 radical (unpaired) electrons. The van der Waals surface area contributed by atoms with E-state index in [2.05, 4.69) is 0 Å². The predicted molar refractivity (Wildman–Crippen MR) is 36.2 cm³/mol. The summed E-state index contributed by atoms with van der Waals surface area (Å²) in [5.74, 6) is 0. The van der Waals surface area contributed by atoms with Crippen LogP contribution in [0.3, 0.4) is 0 Å². The summed E-state index contributed by atoms with van der Waals surface area (Å²) in [5, 5.41) is 9.26. The molecule has 0 fully saturated rings. The molecule has 0 rings (SSSR count). The summed E-state index contributed by atoms with van der Waals surface area (Å²) in [6, 6.07) is 0. The van der Waals surface area contributed by atoms with E-state index >= 15 is 0 Å². The van der Waals surface area contributed by atoms with Crippen LogP contribution >= 0.6 is 0 Å². The lowest BCUT2D eigenvalue weighted by Gasteiger charge is -2.17. The zero-order valence-corrected chi connectivity index (χ0v) is 6.05. The normalized spacial score (nSPS) is 16.8. The second-order valence-corrected chi connectivity index (χ2v) is 2.32. The summed E-state index contributed by atoms with van der Waals surface area (Å²) in [7, 11) is 0. The number of aldehydes is 1. The largest absolute Gasteiger partial charge is 0.382 e. The van der Waals surface area contributed by atoms with Crippen LogP contribution < -0.4 is 0 Å². The summed E-state index contributed by atoms with van der Waals surface area (Å²) in [6.45, 7) is 3.76. The van der Waals surface area contributed by atoms with Crippen molar-refractivity contribution in [3.63, 3.8) is 0 Å². The van der Waals surface area contributed by atoms with Crippen molar-refractivity contribution < 1.29 is 9.90 Å². The van der Waals surface area contributed by atoms with E-state index in [0.717, 1.165) is 6.42 Å². The van der Waals surface area contributed by atoms with E-state index in [-0.39, 0.29) is 0 Å². The molecule has 9 heavy (non-hydrogen) atoms. The third kappa shape index (κ3) is 2.61. The first-order valence-electron chi connectivity index (χ1n) is 3.37. The van der Waals surface area contributed by atoms with E-state index in [1.54, 1.807) is 0 Å². The maximum atomic E-state index is 10.2. The van der Waals surface area contributed by atoms with Crippen molar-refractivity contribution in [2.24, 2.45) is 0 Å². The fraction of sp³-hybridized carbons (Fsp3) is 0.857. The van der Waals surface area contributed by atoms with Gasteiger partial charge in [0.25, 0.3) is 0 Å². The van der Waals surface area contributed by atoms with Crippen LogP contribution in [-0.2, 0) is 4.79 Å². The van der Waals surface area contributed by atoms with E-state index in [1.807, 2.05) is 13.8 Å². The molecule has 0 aliphatic rings.